The molecule has 0 amide bonds. The van der Waals surface area contributed by atoms with Crippen molar-refractivity contribution < 1.29 is 9.59 Å². The molecule has 0 saturated carbocycles. The lowest BCUT2D eigenvalue weighted by atomic mass is 9.91. The quantitative estimate of drug-likeness (QED) is 0.619. The third-order valence-corrected chi connectivity index (χ3v) is 4.06. The Kier molecular flexibility index (Phi) is 5.02. The number of aliphatic imine (C=N–C) groups is 2. The smallest absolute Gasteiger partial charge is 0.211 e. The molecular formula is C19H18N2O2. The molecule has 0 bridgehead atoms. The maximum Gasteiger partial charge on any atom is 0.240 e. The van der Waals surface area contributed by atoms with Crippen molar-refractivity contribution in [1.82, 2.24) is 0 Å². The van der Waals surface area contributed by atoms with Crippen LogP contribution in [0.25, 0.3) is 0 Å². The van der Waals surface area contributed by atoms with Crippen molar-refractivity contribution in [1.29, 1.82) is 0 Å². The number of hydrogen-bond donors (Lipinski definition) is 0. The largest absolute Gasteiger partial charge is 0.240 e. The van der Waals surface area contributed by atoms with Crippen LogP contribution in [0.15, 0.2) is 34.3 Å². The van der Waals surface area contributed by atoms with Gasteiger partial charge in [-0.15, -0.1) is 0 Å². The SMILES string of the molecule is Cc1cc(N=C=O)cc(C)c1Cc1c(C)cc(N=C=O)cc1C. The Bertz CT molecular complexity index is 738. The van der Waals surface area contributed by atoms with E-state index in [1.54, 1.807) is 12.2 Å². The van der Waals surface area contributed by atoms with Crippen LogP contribution >= 0.6 is 0 Å². The molecule has 116 valence electrons. The van der Waals surface area contributed by atoms with E-state index < -0.39 is 0 Å². The Balaban J connectivity index is 2.47. The Hall–Kier alpha value is -2.80. The molecule has 0 heterocycles. The first kappa shape index (κ1) is 16.6. The fraction of sp³-hybridized carbons (Fsp3) is 0.263. The van der Waals surface area contributed by atoms with E-state index >= 15 is 0 Å². The van der Waals surface area contributed by atoms with Gasteiger partial charge in [-0.3, -0.25) is 0 Å². The molecule has 2 aromatic rings. The van der Waals surface area contributed by atoms with E-state index in [0.717, 1.165) is 28.7 Å². The molecule has 4 heteroatoms. The highest BCUT2D eigenvalue weighted by molar-refractivity contribution is 5.57. The molecule has 23 heavy (non-hydrogen) atoms. The Morgan fingerprint density at radius 1 is 0.696 bits per heavy atom. The number of rotatable bonds is 4. The summed E-state index contributed by atoms with van der Waals surface area (Å²) in [6, 6.07) is 7.57. The number of nitrogens with zero attached hydrogens (tertiary/aromatic N) is 2. The lowest BCUT2D eigenvalue weighted by Crippen LogP contribution is -2.00. The van der Waals surface area contributed by atoms with Crippen LogP contribution in [0.5, 0.6) is 0 Å². The van der Waals surface area contributed by atoms with Gasteiger partial charge in [0.2, 0.25) is 12.2 Å². The summed E-state index contributed by atoms with van der Waals surface area (Å²) in [4.78, 5) is 28.2. The van der Waals surface area contributed by atoms with E-state index in [9.17, 15) is 9.59 Å². The monoisotopic (exact) mass is 306 g/mol. The van der Waals surface area contributed by atoms with Gasteiger partial charge in [0.05, 0.1) is 11.4 Å². The first-order chi connectivity index (χ1) is 11.0. The predicted molar refractivity (Wildman–Crippen MR) is 90.2 cm³/mol. The van der Waals surface area contributed by atoms with Crippen LogP contribution < -0.4 is 0 Å². The minimum absolute atomic E-state index is 0.628. The highest BCUT2D eigenvalue weighted by atomic mass is 16.1. The normalized spacial score (nSPS) is 9.91. The second-order valence-electron chi connectivity index (χ2n) is 5.70. The van der Waals surface area contributed by atoms with Gasteiger partial charge in [-0.25, -0.2) is 9.59 Å². The summed E-state index contributed by atoms with van der Waals surface area (Å²) in [6.07, 6.45) is 3.94. The van der Waals surface area contributed by atoms with Gasteiger partial charge in [0.15, 0.2) is 0 Å². The number of carbonyl (C=O) groups excluding carboxylic acids is 2. The molecule has 0 N–H and O–H groups in total. The summed E-state index contributed by atoms with van der Waals surface area (Å²) >= 11 is 0. The highest BCUT2D eigenvalue weighted by Crippen LogP contribution is 2.28. The van der Waals surface area contributed by atoms with E-state index in [-0.39, 0.29) is 0 Å². The second-order valence-corrected chi connectivity index (χ2v) is 5.70. The summed E-state index contributed by atoms with van der Waals surface area (Å²) < 4.78 is 0. The van der Waals surface area contributed by atoms with Crippen LogP contribution in [0, 0.1) is 27.7 Å². The van der Waals surface area contributed by atoms with Gasteiger partial charge in [0, 0.05) is 0 Å². The highest BCUT2D eigenvalue weighted by Gasteiger charge is 2.11. The van der Waals surface area contributed by atoms with Gasteiger partial charge in [0.25, 0.3) is 0 Å². The van der Waals surface area contributed by atoms with Gasteiger partial charge < -0.3 is 0 Å². The lowest BCUT2D eigenvalue weighted by Gasteiger charge is -2.15. The summed E-state index contributed by atoms with van der Waals surface area (Å²) in [5, 5.41) is 0. The average molecular weight is 306 g/mol. The first-order valence-corrected chi connectivity index (χ1v) is 7.32. The van der Waals surface area contributed by atoms with Crippen LogP contribution in [0.3, 0.4) is 0 Å². The van der Waals surface area contributed by atoms with E-state index in [4.69, 9.17) is 0 Å². The van der Waals surface area contributed by atoms with E-state index in [2.05, 4.69) is 9.98 Å². The standard InChI is InChI=1S/C19H18N2O2/c1-12-5-16(20-10-22)6-13(2)18(12)9-19-14(3)7-17(21-11-23)8-15(19)4/h5-8H,9H2,1-4H3. The van der Waals surface area contributed by atoms with Crippen LogP contribution in [0.2, 0.25) is 0 Å². The zero-order chi connectivity index (χ0) is 17.0. The van der Waals surface area contributed by atoms with Crippen molar-refractivity contribution in [3.05, 3.63) is 57.6 Å². The van der Waals surface area contributed by atoms with Crippen LogP contribution in [0.4, 0.5) is 11.4 Å². The first-order valence-electron chi connectivity index (χ1n) is 7.32. The second kappa shape index (κ2) is 6.97. The van der Waals surface area contributed by atoms with Crippen LogP contribution in [0.1, 0.15) is 33.4 Å². The summed E-state index contributed by atoms with van der Waals surface area (Å²) in [6.45, 7) is 8.06. The zero-order valence-corrected chi connectivity index (χ0v) is 13.7. The molecule has 0 radical (unpaired) electrons. The third kappa shape index (κ3) is 3.70. The molecule has 0 unspecified atom stereocenters. The number of aryl methyl sites for hydroxylation is 4. The van der Waals surface area contributed by atoms with Crippen molar-refractivity contribution in [2.24, 2.45) is 9.98 Å². The Morgan fingerprint density at radius 2 is 1.00 bits per heavy atom. The molecule has 4 nitrogen and oxygen atoms in total. The number of benzene rings is 2. The van der Waals surface area contributed by atoms with Gasteiger partial charge >= 0.3 is 0 Å². The van der Waals surface area contributed by atoms with E-state index in [0.29, 0.717) is 11.4 Å². The van der Waals surface area contributed by atoms with E-state index in [1.165, 1.54) is 11.1 Å². The van der Waals surface area contributed by atoms with Crippen molar-refractivity contribution >= 4 is 23.5 Å². The average Bonchev–Trinajstić information content (AvgIpc) is 2.45. The minimum atomic E-state index is 0.628. The van der Waals surface area contributed by atoms with Gasteiger partial charge in [-0.05, 0) is 91.8 Å². The molecular weight excluding hydrogens is 288 g/mol. The molecule has 0 spiro atoms. The van der Waals surface area contributed by atoms with Crippen molar-refractivity contribution in [2.45, 2.75) is 34.1 Å². The molecule has 2 rings (SSSR count). The summed E-state index contributed by atoms with van der Waals surface area (Å²) in [5.74, 6) is 0. The molecule has 0 aliphatic heterocycles. The Labute approximate surface area is 135 Å². The van der Waals surface area contributed by atoms with Crippen LogP contribution in [-0.4, -0.2) is 12.2 Å². The summed E-state index contributed by atoms with van der Waals surface area (Å²) in [5.41, 5.74) is 8.05. The lowest BCUT2D eigenvalue weighted by molar-refractivity contribution is 0.564. The molecule has 0 aliphatic rings. The van der Waals surface area contributed by atoms with E-state index in [1.807, 2.05) is 52.0 Å². The number of hydrogen-bond acceptors (Lipinski definition) is 4. The fourth-order valence-electron chi connectivity index (χ4n) is 2.91. The Morgan fingerprint density at radius 3 is 1.26 bits per heavy atom. The van der Waals surface area contributed by atoms with Crippen molar-refractivity contribution in [2.75, 3.05) is 0 Å². The third-order valence-electron chi connectivity index (χ3n) is 4.06. The molecule has 0 fully saturated rings. The zero-order valence-electron chi connectivity index (χ0n) is 13.7. The molecule has 0 saturated heterocycles. The predicted octanol–water partition coefficient (Wildman–Crippen LogP) is 4.45. The maximum absolute atomic E-state index is 10.4. The van der Waals surface area contributed by atoms with Gasteiger partial charge in [-0.2, -0.15) is 9.98 Å². The van der Waals surface area contributed by atoms with Crippen LogP contribution in [-0.2, 0) is 16.0 Å². The minimum Gasteiger partial charge on any atom is -0.211 e. The molecule has 0 atom stereocenters. The van der Waals surface area contributed by atoms with Gasteiger partial charge in [0.1, 0.15) is 0 Å². The van der Waals surface area contributed by atoms with Crippen molar-refractivity contribution in [3.8, 4) is 0 Å². The fourth-order valence-corrected chi connectivity index (χ4v) is 2.91. The summed E-state index contributed by atoms with van der Waals surface area (Å²) in [7, 11) is 0. The molecule has 0 aliphatic carbocycles. The van der Waals surface area contributed by atoms with Gasteiger partial charge in [-0.1, -0.05) is 0 Å². The van der Waals surface area contributed by atoms with Crippen molar-refractivity contribution in [3.63, 3.8) is 0 Å². The molecule has 2 aromatic carbocycles. The number of isocyanates is 2. The topological polar surface area (TPSA) is 58.9 Å². The molecule has 0 aromatic heterocycles. The maximum atomic E-state index is 10.4.